The second kappa shape index (κ2) is 6.14. The highest BCUT2D eigenvalue weighted by molar-refractivity contribution is 7.89. The maximum Gasteiger partial charge on any atom is 0.246 e. The molecule has 9 nitrogen and oxygen atoms in total. The molecule has 1 saturated heterocycles. The molecule has 2 aliphatic rings. The molecule has 0 atom stereocenters. The molecule has 0 bridgehead atoms. The molecule has 0 unspecified atom stereocenters. The average Bonchev–Trinajstić information content (AvgIpc) is 3.20. The van der Waals surface area contributed by atoms with Crippen LogP contribution < -0.4 is 5.73 Å². The van der Waals surface area contributed by atoms with Gasteiger partial charge >= 0.3 is 0 Å². The van der Waals surface area contributed by atoms with Crippen LogP contribution in [0.3, 0.4) is 0 Å². The maximum atomic E-state index is 12.9. The van der Waals surface area contributed by atoms with Crippen molar-refractivity contribution in [2.24, 2.45) is 5.73 Å². The Hall–Kier alpha value is -1.78. The van der Waals surface area contributed by atoms with Crippen molar-refractivity contribution in [3.05, 3.63) is 23.1 Å². The number of nitrogens with two attached hydrogens (primary N) is 1. The number of H-pyrrole nitrogens is 1. The average molecular weight is 380 g/mol. The van der Waals surface area contributed by atoms with Crippen LogP contribution in [-0.4, -0.2) is 46.2 Å². The minimum absolute atomic E-state index is 0.0675. The number of sulfonamides is 1. The summed E-state index contributed by atoms with van der Waals surface area (Å²) >= 11 is 0. The van der Waals surface area contributed by atoms with Crippen molar-refractivity contribution in [3.63, 3.8) is 0 Å². The van der Waals surface area contributed by atoms with Gasteiger partial charge in [-0.25, -0.2) is 8.42 Å². The first kappa shape index (κ1) is 17.6. The number of aromatic nitrogens is 4. The lowest BCUT2D eigenvalue weighted by Crippen LogP contribution is -2.44. The normalized spacial score (nSPS) is 21.7. The van der Waals surface area contributed by atoms with E-state index in [9.17, 15) is 8.42 Å². The molecule has 1 aliphatic heterocycles. The van der Waals surface area contributed by atoms with Crippen LogP contribution in [0.2, 0.25) is 0 Å². The number of hydrogen-bond donors (Lipinski definition) is 2. The maximum absolute atomic E-state index is 12.9. The fourth-order valence-corrected chi connectivity index (χ4v) is 5.58. The predicted octanol–water partition coefficient (Wildman–Crippen LogP) is 1.32. The van der Waals surface area contributed by atoms with E-state index in [-0.39, 0.29) is 10.8 Å². The van der Waals surface area contributed by atoms with Crippen molar-refractivity contribution in [2.45, 2.75) is 62.3 Å². The monoisotopic (exact) mass is 380 g/mol. The zero-order chi connectivity index (χ0) is 18.5. The second-order valence-corrected chi connectivity index (χ2v) is 9.28. The van der Waals surface area contributed by atoms with Gasteiger partial charge in [-0.1, -0.05) is 5.16 Å². The fourth-order valence-electron chi connectivity index (χ4n) is 3.78. The molecule has 142 valence electrons. The smallest absolute Gasteiger partial charge is 0.246 e. The third kappa shape index (κ3) is 2.76. The minimum atomic E-state index is -3.55. The number of rotatable bonds is 4. The first-order valence-electron chi connectivity index (χ1n) is 8.96. The Morgan fingerprint density at radius 1 is 1.27 bits per heavy atom. The minimum Gasteiger partial charge on any atom is -0.339 e. The molecule has 2 aromatic rings. The molecule has 4 rings (SSSR count). The van der Waals surface area contributed by atoms with Gasteiger partial charge in [-0.3, -0.25) is 5.10 Å². The van der Waals surface area contributed by atoms with Crippen molar-refractivity contribution >= 4 is 10.0 Å². The topological polar surface area (TPSA) is 131 Å². The van der Waals surface area contributed by atoms with Crippen LogP contribution >= 0.6 is 0 Å². The Labute approximate surface area is 152 Å². The third-order valence-corrected chi connectivity index (χ3v) is 7.76. The van der Waals surface area contributed by atoms with Crippen molar-refractivity contribution < 1.29 is 12.9 Å². The summed E-state index contributed by atoms with van der Waals surface area (Å²) in [5.74, 6) is 1.22. The quantitative estimate of drug-likeness (QED) is 0.817. The van der Waals surface area contributed by atoms with Gasteiger partial charge in [0.05, 0.1) is 16.9 Å². The second-order valence-electron chi connectivity index (χ2n) is 7.41. The molecule has 26 heavy (non-hydrogen) atoms. The number of aromatic amines is 1. The summed E-state index contributed by atoms with van der Waals surface area (Å²) in [6, 6.07) is 0. The van der Waals surface area contributed by atoms with Gasteiger partial charge in [-0.05, 0) is 46.0 Å². The van der Waals surface area contributed by atoms with E-state index in [0.717, 1.165) is 19.3 Å². The highest BCUT2D eigenvalue weighted by Crippen LogP contribution is 2.38. The van der Waals surface area contributed by atoms with Gasteiger partial charge < -0.3 is 10.3 Å². The number of nitrogens with zero attached hydrogens (tertiary/aromatic N) is 4. The van der Waals surface area contributed by atoms with Gasteiger partial charge in [-0.2, -0.15) is 14.4 Å². The summed E-state index contributed by atoms with van der Waals surface area (Å²) < 4.78 is 32.8. The highest BCUT2D eigenvalue weighted by Gasteiger charge is 2.40. The van der Waals surface area contributed by atoms with E-state index in [1.54, 1.807) is 13.8 Å². The number of hydrogen-bond acceptors (Lipinski definition) is 7. The molecule has 1 aliphatic carbocycles. The van der Waals surface area contributed by atoms with E-state index in [4.69, 9.17) is 10.3 Å². The molecule has 0 aromatic carbocycles. The summed E-state index contributed by atoms with van der Waals surface area (Å²) in [5, 5.41) is 10.8. The van der Waals surface area contributed by atoms with E-state index in [1.807, 2.05) is 0 Å². The number of piperidine rings is 1. The van der Waals surface area contributed by atoms with Crippen molar-refractivity contribution in [2.75, 3.05) is 13.1 Å². The SMILES string of the molecule is Cc1n[nH]c(C)c1S(=O)(=O)N1CCC(c2nc(C3(N)CCC3)no2)CC1. The summed E-state index contributed by atoms with van der Waals surface area (Å²) in [6.07, 6.45) is 4.14. The van der Waals surface area contributed by atoms with Gasteiger partial charge in [0.1, 0.15) is 4.90 Å². The van der Waals surface area contributed by atoms with Crippen LogP contribution in [0.1, 0.15) is 61.1 Å². The van der Waals surface area contributed by atoms with Crippen LogP contribution in [0.5, 0.6) is 0 Å². The summed E-state index contributed by atoms with van der Waals surface area (Å²) in [4.78, 5) is 4.79. The predicted molar refractivity (Wildman–Crippen MR) is 92.8 cm³/mol. The largest absolute Gasteiger partial charge is 0.339 e. The van der Waals surface area contributed by atoms with E-state index in [0.29, 0.717) is 49.0 Å². The first-order valence-corrected chi connectivity index (χ1v) is 10.4. The lowest BCUT2D eigenvalue weighted by atomic mass is 9.77. The molecule has 0 radical (unpaired) electrons. The molecule has 2 aromatic heterocycles. The molecular formula is C16H24N6O3S. The van der Waals surface area contributed by atoms with Crippen molar-refractivity contribution in [1.82, 2.24) is 24.6 Å². The molecule has 2 fully saturated rings. The molecule has 10 heteroatoms. The Bertz CT molecular complexity index is 887. The van der Waals surface area contributed by atoms with Gasteiger partial charge in [0.15, 0.2) is 5.82 Å². The lowest BCUT2D eigenvalue weighted by Gasteiger charge is -2.34. The third-order valence-electron chi connectivity index (χ3n) is 5.59. The van der Waals surface area contributed by atoms with Crippen LogP contribution in [0.4, 0.5) is 0 Å². The van der Waals surface area contributed by atoms with E-state index >= 15 is 0 Å². The van der Waals surface area contributed by atoms with Gasteiger partial charge in [0.2, 0.25) is 15.9 Å². The van der Waals surface area contributed by atoms with Crippen molar-refractivity contribution in [1.29, 1.82) is 0 Å². The molecule has 3 N–H and O–H groups in total. The van der Waals surface area contributed by atoms with Gasteiger partial charge in [0.25, 0.3) is 0 Å². The zero-order valence-electron chi connectivity index (χ0n) is 15.0. The molecule has 0 spiro atoms. The Morgan fingerprint density at radius 3 is 2.50 bits per heavy atom. The zero-order valence-corrected chi connectivity index (χ0v) is 15.8. The fraction of sp³-hybridized carbons (Fsp3) is 0.688. The lowest BCUT2D eigenvalue weighted by molar-refractivity contribution is 0.227. The number of nitrogens with one attached hydrogen (secondary N) is 1. The molecule has 1 saturated carbocycles. The Balaban J connectivity index is 1.46. The van der Waals surface area contributed by atoms with Gasteiger partial charge in [-0.15, -0.1) is 0 Å². The van der Waals surface area contributed by atoms with Crippen LogP contribution in [0.15, 0.2) is 9.42 Å². The van der Waals surface area contributed by atoms with Crippen LogP contribution in [-0.2, 0) is 15.6 Å². The Morgan fingerprint density at radius 2 is 1.96 bits per heavy atom. The number of aryl methyl sites for hydroxylation is 2. The summed E-state index contributed by atoms with van der Waals surface area (Å²) in [5.41, 5.74) is 6.87. The Kier molecular flexibility index (Phi) is 4.16. The standard InChI is InChI=1S/C16H24N6O3S/c1-10-13(11(2)20-19-10)26(23,24)22-8-4-12(5-9-22)14-18-15(21-25-14)16(17)6-3-7-16/h12H,3-9,17H2,1-2H3,(H,19,20). The van der Waals surface area contributed by atoms with Gasteiger partial charge in [0, 0.05) is 19.0 Å². The van der Waals surface area contributed by atoms with E-state index in [2.05, 4.69) is 20.3 Å². The molecule has 0 amide bonds. The first-order chi connectivity index (χ1) is 12.3. The highest BCUT2D eigenvalue weighted by atomic mass is 32.2. The van der Waals surface area contributed by atoms with E-state index in [1.165, 1.54) is 4.31 Å². The van der Waals surface area contributed by atoms with Crippen molar-refractivity contribution in [3.8, 4) is 0 Å². The van der Waals surface area contributed by atoms with Crippen LogP contribution in [0, 0.1) is 13.8 Å². The molecule has 3 heterocycles. The molecular weight excluding hydrogens is 356 g/mol. The van der Waals surface area contributed by atoms with E-state index < -0.39 is 15.6 Å². The summed E-state index contributed by atoms with van der Waals surface area (Å²) in [6.45, 7) is 4.26. The summed E-state index contributed by atoms with van der Waals surface area (Å²) in [7, 11) is -3.55. The van der Waals surface area contributed by atoms with Crippen LogP contribution in [0.25, 0.3) is 0 Å².